The second-order valence-electron chi connectivity index (χ2n) is 5.77. The fourth-order valence-corrected chi connectivity index (χ4v) is 2.88. The molecule has 0 aliphatic heterocycles. The van der Waals surface area contributed by atoms with Gasteiger partial charge in [-0.3, -0.25) is 0 Å². The van der Waals surface area contributed by atoms with E-state index < -0.39 is 0 Å². The second-order valence-corrected chi connectivity index (χ2v) is 5.77. The number of hydrogen-bond acceptors (Lipinski definition) is 2. The molecule has 0 saturated heterocycles. The van der Waals surface area contributed by atoms with Gasteiger partial charge in [0.05, 0.1) is 17.4 Å². The minimum absolute atomic E-state index is 1.03. The minimum Gasteiger partial charge on any atom is -0.213 e. The largest absolute Gasteiger partial charge is 0.213 e. The van der Waals surface area contributed by atoms with Gasteiger partial charge in [0.1, 0.15) is 0 Å². The number of nitrogens with zero attached hydrogens (tertiary/aromatic N) is 3. The lowest BCUT2D eigenvalue weighted by atomic mass is 9.98. The fourth-order valence-electron chi connectivity index (χ4n) is 2.88. The lowest BCUT2D eigenvalue weighted by Gasteiger charge is -2.11. The molecule has 0 unspecified atom stereocenters. The van der Waals surface area contributed by atoms with Gasteiger partial charge in [-0.15, -0.1) is 5.10 Å². The van der Waals surface area contributed by atoms with Crippen LogP contribution < -0.4 is 0 Å². The highest BCUT2D eigenvalue weighted by Crippen LogP contribution is 2.27. The van der Waals surface area contributed by atoms with E-state index in [2.05, 4.69) is 84.0 Å². The molecule has 0 atom stereocenters. The highest BCUT2D eigenvalue weighted by Gasteiger charge is 2.11. The molecule has 4 aromatic rings. The molecule has 3 heteroatoms. The van der Waals surface area contributed by atoms with Crippen molar-refractivity contribution in [3.05, 3.63) is 101 Å². The molecule has 0 spiro atoms. The Kier molecular flexibility index (Phi) is 3.67. The number of benzene rings is 2. The normalized spacial score (nSPS) is 11.8. The van der Waals surface area contributed by atoms with Gasteiger partial charge >= 0.3 is 0 Å². The predicted molar refractivity (Wildman–Crippen MR) is 97.6 cm³/mol. The van der Waals surface area contributed by atoms with Gasteiger partial charge in [0.2, 0.25) is 0 Å². The second kappa shape index (κ2) is 6.13. The Morgan fingerprint density at radius 1 is 0.875 bits per heavy atom. The van der Waals surface area contributed by atoms with Crippen LogP contribution in [0.3, 0.4) is 0 Å². The van der Waals surface area contributed by atoms with Crippen LogP contribution in [-0.4, -0.2) is 14.8 Å². The Bertz CT molecular complexity index is 999. The van der Waals surface area contributed by atoms with Crippen LogP contribution >= 0.6 is 0 Å². The average Bonchev–Trinajstić information content (AvgIpc) is 3.13. The highest BCUT2D eigenvalue weighted by molar-refractivity contribution is 5.90. The van der Waals surface area contributed by atoms with Gasteiger partial charge in [-0.05, 0) is 35.8 Å². The van der Waals surface area contributed by atoms with Gasteiger partial charge < -0.3 is 0 Å². The van der Waals surface area contributed by atoms with Crippen LogP contribution in [0.4, 0.5) is 0 Å². The summed E-state index contributed by atoms with van der Waals surface area (Å²) in [5, 5.41) is 8.38. The number of hydrogen-bond donors (Lipinski definition) is 0. The van der Waals surface area contributed by atoms with E-state index in [1.54, 1.807) is 0 Å². The zero-order valence-corrected chi connectivity index (χ0v) is 13.4. The number of aromatic nitrogens is 3. The molecular weight excluding hydrogens is 294 g/mol. The van der Waals surface area contributed by atoms with Crippen LogP contribution in [0.15, 0.2) is 79.0 Å². The summed E-state index contributed by atoms with van der Waals surface area (Å²) in [6.07, 6.45) is 4.01. The van der Waals surface area contributed by atoms with Crippen molar-refractivity contribution >= 4 is 17.2 Å². The van der Waals surface area contributed by atoms with Crippen molar-refractivity contribution in [2.75, 3.05) is 0 Å². The molecule has 0 aliphatic rings. The third-order valence-electron chi connectivity index (χ3n) is 4.14. The molecule has 0 amide bonds. The molecule has 2 heterocycles. The summed E-state index contributed by atoms with van der Waals surface area (Å²) in [5.41, 5.74) is 6.66. The van der Waals surface area contributed by atoms with Crippen LogP contribution in [0.2, 0.25) is 0 Å². The summed E-state index contributed by atoms with van der Waals surface area (Å²) in [6.45, 7) is 2.07. The Morgan fingerprint density at radius 3 is 2.33 bits per heavy atom. The molecule has 2 aromatic heterocycles. The molecule has 0 saturated carbocycles. The van der Waals surface area contributed by atoms with Gasteiger partial charge in [-0.1, -0.05) is 71.9 Å². The number of pyridine rings is 1. The van der Waals surface area contributed by atoms with Crippen molar-refractivity contribution in [2.45, 2.75) is 6.92 Å². The molecule has 24 heavy (non-hydrogen) atoms. The first kappa shape index (κ1) is 14.4. The maximum Gasteiger partial charge on any atom is 0.0901 e. The summed E-state index contributed by atoms with van der Waals surface area (Å²) >= 11 is 0. The molecular formula is C21H17N3. The summed E-state index contributed by atoms with van der Waals surface area (Å²) in [7, 11) is 0. The van der Waals surface area contributed by atoms with Gasteiger partial charge in [0.25, 0.3) is 0 Å². The lowest BCUT2D eigenvalue weighted by molar-refractivity contribution is 0.843. The first-order valence-electron chi connectivity index (χ1n) is 7.95. The van der Waals surface area contributed by atoms with Gasteiger partial charge in [0.15, 0.2) is 0 Å². The van der Waals surface area contributed by atoms with E-state index >= 15 is 0 Å². The topological polar surface area (TPSA) is 30.2 Å². The van der Waals surface area contributed by atoms with Crippen LogP contribution in [0.5, 0.6) is 0 Å². The lowest BCUT2D eigenvalue weighted by Crippen LogP contribution is -2.01. The van der Waals surface area contributed by atoms with Crippen molar-refractivity contribution in [2.24, 2.45) is 0 Å². The summed E-state index contributed by atoms with van der Waals surface area (Å²) in [5.74, 6) is 0. The van der Waals surface area contributed by atoms with E-state index in [9.17, 15) is 0 Å². The predicted octanol–water partition coefficient (Wildman–Crippen LogP) is 4.63. The zero-order valence-electron chi connectivity index (χ0n) is 13.4. The van der Waals surface area contributed by atoms with E-state index in [0.29, 0.717) is 0 Å². The van der Waals surface area contributed by atoms with Gasteiger partial charge in [0, 0.05) is 5.57 Å². The quantitative estimate of drug-likeness (QED) is 0.517. The van der Waals surface area contributed by atoms with Crippen molar-refractivity contribution < 1.29 is 0 Å². The monoisotopic (exact) mass is 311 g/mol. The van der Waals surface area contributed by atoms with Crippen molar-refractivity contribution in [3.63, 3.8) is 0 Å². The molecule has 4 rings (SSSR count). The Morgan fingerprint density at radius 2 is 1.58 bits per heavy atom. The Labute approximate surface area is 140 Å². The molecule has 3 nitrogen and oxygen atoms in total. The maximum absolute atomic E-state index is 4.29. The van der Waals surface area contributed by atoms with E-state index in [0.717, 1.165) is 33.5 Å². The van der Waals surface area contributed by atoms with Gasteiger partial charge in [-0.2, -0.15) is 0 Å². The minimum atomic E-state index is 1.03. The molecule has 2 aromatic carbocycles. The van der Waals surface area contributed by atoms with Crippen LogP contribution in [0.1, 0.15) is 22.4 Å². The summed E-state index contributed by atoms with van der Waals surface area (Å²) in [4.78, 5) is 0. The third-order valence-corrected chi connectivity index (χ3v) is 4.14. The summed E-state index contributed by atoms with van der Waals surface area (Å²) in [6, 6.07) is 25.0. The van der Waals surface area contributed by atoms with E-state index in [1.165, 1.54) is 0 Å². The first-order chi connectivity index (χ1) is 11.8. The number of rotatable bonds is 3. The first-order valence-corrected chi connectivity index (χ1v) is 7.95. The molecule has 116 valence electrons. The highest BCUT2D eigenvalue weighted by atomic mass is 15.4. The molecule has 0 aliphatic carbocycles. The van der Waals surface area contributed by atoms with E-state index in [4.69, 9.17) is 0 Å². The number of fused-ring (bicyclic) bond motifs is 1. The molecule has 0 radical (unpaired) electrons. The van der Waals surface area contributed by atoms with Crippen LogP contribution in [0, 0.1) is 6.92 Å². The standard InChI is InChI=1S/C21H17N3/c1-16-12-13-20(24-21(16)15-22-23-24)19(18-10-6-3-7-11-18)14-17-8-4-2-5-9-17/h2-15H,1H3/b19-14+. The van der Waals surface area contributed by atoms with Crippen LogP contribution in [-0.2, 0) is 0 Å². The maximum atomic E-state index is 4.29. The average molecular weight is 311 g/mol. The van der Waals surface area contributed by atoms with Gasteiger partial charge in [-0.25, -0.2) is 4.52 Å². The van der Waals surface area contributed by atoms with Crippen LogP contribution in [0.25, 0.3) is 17.2 Å². The van der Waals surface area contributed by atoms with Crippen molar-refractivity contribution in [1.29, 1.82) is 0 Å². The third kappa shape index (κ3) is 2.61. The molecule has 0 N–H and O–H groups in total. The van der Waals surface area contributed by atoms with E-state index in [1.807, 2.05) is 22.8 Å². The fraction of sp³-hybridized carbons (Fsp3) is 0.0476. The van der Waals surface area contributed by atoms with Crippen molar-refractivity contribution in [1.82, 2.24) is 14.8 Å². The van der Waals surface area contributed by atoms with Crippen molar-refractivity contribution in [3.8, 4) is 0 Å². The summed E-state index contributed by atoms with van der Waals surface area (Å²) < 4.78 is 1.91. The Hall–Kier alpha value is -3.20. The van der Waals surface area contributed by atoms with E-state index in [-0.39, 0.29) is 0 Å². The number of aryl methyl sites for hydroxylation is 1. The molecule has 0 fully saturated rings. The zero-order chi connectivity index (χ0) is 16.4. The SMILES string of the molecule is Cc1ccc(/C(=C/c2ccccc2)c2ccccc2)n2nncc12. The smallest absolute Gasteiger partial charge is 0.0901 e. The molecule has 0 bridgehead atoms. The Balaban J connectivity index is 1.98.